The third-order valence-electron chi connectivity index (χ3n) is 2.41. The zero-order chi connectivity index (χ0) is 10.7. The van der Waals surface area contributed by atoms with Gasteiger partial charge in [-0.25, -0.2) is 0 Å². The van der Waals surface area contributed by atoms with Crippen LogP contribution < -0.4 is 0 Å². The summed E-state index contributed by atoms with van der Waals surface area (Å²) in [5.41, 5.74) is 5.01. The molecule has 2 rings (SSSR count). The van der Waals surface area contributed by atoms with Crippen LogP contribution in [0.4, 0.5) is 0 Å². The molecule has 0 radical (unpaired) electrons. The summed E-state index contributed by atoms with van der Waals surface area (Å²) in [5, 5.41) is 0.837. The average molecular weight is 262 g/mol. The summed E-state index contributed by atoms with van der Waals surface area (Å²) in [5.74, 6) is 0. The molecule has 0 fully saturated rings. The molecule has 2 aromatic rings. The lowest BCUT2D eigenvalue weighted by atomic mass is 10.0. The molecular formula is C13H12BrN. The normalized spacial score (nSPS) is 10.3. The van der Waals surface area contributed by atoms with Crippen molar-refractivity contribution in [3.8, 4) is 11.1 Å². The first-order valence-electron chi connectivity index (χ1n) is 4.87. The molecule has 15 heavy (non-hydrogen) atoms. The molecule has 76 valence electrons. The van der Waals surface area contributed by atoms with Gasteiger partial charge in [-0.15, -0.1) is 0 Å². The number of benzene rings is 1. The summed E-state index contributed by atoms with van der Waals surface area (Å²) in [4.78, 5) is 4.13. The van der Waals surface area contributed by atoms with Crippen LogP contribution in [0.1, 0.15) is 11.1 Å². The number of aryl methyl sites for hydroxylation is 1. The van der Waals surface area contributed by atoms with Gasteiger partial charge in [0.25, 0.3) is 0 Å². The van der Waals surface area contributed by atoms with Crippen molar-refractivity contribution in [1.29, 1.82) is 0 Å². The van der Waals surface area contributed by atoms with Crippen LogP contribution in [0.3, 0.4) is 0 Å². The molecule has 0 saturated carbocycles. The van der Waals surface area contributed by atoms with Crippen molar-refractivity contribution in [1.82, 2.24) is 4.98 Å². The molecule has 1 heterocycles. The van der Waals surface area contributed by atoms with E-state index in [-0.39, 0.29) is 0 Å². The van der Waals surface area contributed by atoms with E-state index in [2.05, 4.69) is 58.2 Å². The minimum absolute atomic E-state index is 0.837. The van der Waals surface area contributed by atoms with Crippen LogP contribution in [0, 0.1) is 6.92 Å². The molecule has 0 aliphatic rings. The molecular weight excluding hydrogens is 250 g/mol. The first-order chi connectivity index (χ1) is 7.31. The van der Waals surface area contributed by atoms with Gasteiger partial charge in [-0.3, -0.25) is 4.98 Å². The molecule has 2 heteroatoms. The minimum atomic E-state index is 0.837. The van der Waals surface area contributed by atoms with Crippen LogP contribution in [-0.2, 0) is 5.33 Å². The summed E-state index contributed by atoms with van der Waals surface area (Å²) in [6, 6.07) is 10.6. The van der Waals surface area contributed by atoms with Crippen LogP contribution in [-0.4, -0.2) is 4.98 Å². The van der Waals surface area contributed by atoms with Crippen molar-refractivity contribution >= 4 is 15.9 Å². The summed E-state index contributed by atoms with van der Waals surface area (Å²) in [6.07, 6.45) is 3.74. The molecule has 0 amide bonds. The molecule has 1 aromatic heterocycles. The van der Waals surface area contributed by atoms with Crippen LogP contribution in [0.2, 0.25) is 0 Å². The Bertz CT molecular complexity index is 448. The highest BCUT2D eigenvalue weighted by Crippen LogP contribution is 2.24. The quantitative estimate of drug-likeness (QED) is 0.747. The predicted octanol–water partition coefficient (Wildman–Crippen LogP) is 3.95. The van der Waals surface area contributed by atoms with E-state index >= 15 is 0 Å². The zero-order valence-corrected chi connectivity index (χ0v) is 10.2. The van der Waals surface area contributed by atoms with E-state index in [9.17, 15) is 0 Å². The number of hydrogen-bond donors (Lipinski definition) is 0. The fourth-order valence-electron chi connectivity index (χ4n) is 1.55. The first-order valence-corrected chi connectivity index (χ1v) is 5.99. The van der Waals surface area contributed by atoms with Crippen molar-refractivity contribution in [3.63, 3.8) is 0 Å². The van der Waals surface area contributed by atoms with E-state index in [0.717, 1.165) is 5.33 Å². The fourth-order valence-corrected chi connectivity index (χ4v) is 2.00. The van der Waals surface area contributed by atoms with Gasteiger partial charge in [-0.2, -0.15) is 0 Å². The van der Waals surface area contributed by atoms with Crippen molar-refractivity contribution in [2.45, 2.75) is 12.3 Å². The summed E-state index contributed by atoms with van der Waals surface area (Å²) in [6.45, 7) is 2.10. The molecule has 0 aliphatic heterocycles. The molecule has 0 unspecified atom stereocenters. The maximum atomic E-state index is 4.13. The van der Waals surface area contributed by atoms with Gasteiger partial charge in [0.05, 0.1) is 0 Å². The molecule has 0 N–H and O–H groups in total. The second kappa shape index (κ2) is 4.58. The molecule has 0 saturated heterocycles. The Labute approximate surface area is 98.3 Å². The lowest BCUT2D eigenvalue weighted by Crippen LogP contribution is -1.87. The molecule has 0 atom stereocenters. The highest BCUT2D eigenvalue weighted by atomic mass is 79.9. The monoisotopic (exact) mass is 261 g/mol. The van der Waals surface area contributed by atoms with Gasteiger partial charge in [0.2, 0.25) is 0 Å². The Morgan fingerprint density at radius 2 is 1.87 bits per heavy atom. The number of rotatable bonds is 2. The van der Waals surface area contributed by atoms with Gasteiger partial charge in [-0.1, -0.05) is 45.8 Å². The SMILES string of the molecule is Cc1ccc(-c2ccncc2CBr)cc1. The fraction of sp³-hybridized carbons (Fsp3) is 0.154. The number of hydrogen-bond acceptors (Lipinski definition) is 1. The zero-order valence-electron chi connectivity index (χ0n) is 8.57. The standard InChI is InChI=1S/C13H12BrN/c1-10-2-4-11(5-3-10)13-6-7-15-9-12(13)8-14/h2-7,9H,8H2,1H3. The van der Waals surface area contributed by atoms with Gasteiger partial charge in [-0.05, 0) is 29.7 Å². The smallest absolute Gasteiger partial charge is 0.0314 e. The lowest BCUT2D eigenvalue weighted by Gasteiger charge is -2.06. The summed E-state index contributed by atoms with van der Waals surface area (Å²) >= 11 is 3.48. The minimum Gasteiger partial charge on any atom is -0.264 e. The Morgan fingerprint density at radius 3 is 2.53 bits per heavy atom. The molecule has 1 aromatic carbocycles. The highest BCUT2D eigenvalue weighted by molar-refractivity contribution is 9.08. The van der Waals surface area contributed by atoms with Gasteiger partial charge in [0.1, 0.15) is 0 Å². The highest BCUT2D eigenvalue weighted by Gasteiger charge is 2.02. The Morgan fingerprint density at radius 1 is 1.13 bits per heavy atom. The topological polar surface area (TPSA) is 12.9 Å². The number of pyridine rings is 1. The largest absolute Gasteiger partial charge is 0.264 e. The van der Waals surface area contributed by atoms with Crippen LogP contribution in [0.5, 0.6) is 0 Å². The van der Waals surface area contributed by atoms with Gasteiger partial charge in [0, 0.05) is 17.7 Å². The summed E-state index contributed by atoms with van der Waals surface area (Å²) in [7, 11) is 0. The van der Waals surface area contributed by atoms with E-state index in [0.29, 0.717) is 0 Å². The van der Waals surface area contributed by atoms with Crippen molar-refractivity contribution in [2.75, 3.05) is 0 Å². The van der Waals surface area contributed by atoms with E-state index < -0.39 is 0 Å². The van der Waals surface area contributed by atoms with E-state index in [1.54, 1.807) is 0 Å². The number of aromatic nitrogens is 1. The third-order valence-corrected chi connectivity index (χ3v) is 3.01. The van der Waals surface area contributed by atoms with Crippen molar-refractivity contribution in [3.05, 3.63) is 53.9 Å². The van der Waals surface area contributed by atoms with Gasteiger partial charge in [0.15, 0.2) is 0 Å². The van der Waals surface area contributed by atoms with Gasteiger partial charge < -0.3 is 0 Å². The van der Waals surface area contributed by atoms with E-state index in [1.807, 2.05) is 12.4 Å². The Hall–Kier alpha value is -1.15. The maximum Gasteiger partial charge on any atom is 0.0314 e. The second-order valence-corrected chi connectivity index (χ2v) is 4.09. The third kappa shape index (κ3) is 2.26. The Kier molecular flexibility index (Phi) is 3.17. The van der Waals surface area contributed by atoms with Crippen LogP contribution in [0.25, 0.3) is 11.1 Å². The van der Waals surface area contributed by atoms with E-state index in [1.165, 1.54) is 22.3 Å². The van der Waals surface area contributed by atoms with Crippen LogP contribution in [0.15, 0.2) is 42.7 Å². The Balaban J connectivity index is 2.49. The number of nitrogens with zero attached hydrogens (tertiary/aromatic N) is 1. The summed E-state index contributed by atoms with van der Waals surface area (Å²) < 4.78 is 0. The molecule has 1 nitrogen and oxygen atoms in total. The first kappa shape index (κ1) is 10.4. The maximum absolute atomic E-state index is 4.13. The molecule has 0 bridgehead atoms. The van der Waals surface area contributed by atoms with E-state index in [4.69, 9.17) is 0 Å². The van der Waals surface area contributed by atoms with Gasteiger partial charge >= 0.3 is 0 Å². The van der Waals surface area contributed by atoms with Crippen molar-refractivity contribution < 1.29 is 0 Å². The molecule has 0 aliphatic carbocycles. The van der Waals surface area contributed by atoms with Crippen LogP contribution >= 0.6 is 15.9 Å². The molecule has 0 spiro atoms. The van der Waals surface area contributed by atoms with Crippen molar-refractivity contribution in [2.24, 2.45) is 0 Å². The average Bonchev–Trinajstić information content (AvgIpc) is 2.30. The second-order valence-electron chi connectivity index (χ2n) is 3.53. The number of alkyl halides is 1. The number of halogens is 1. The lowest BCUT2D eigenvalue weighted by molar-refractivity contribution is 1.26. The predicted molar refractivity (Wildman–Crippen MR) is 67.0 cm³/mol.